The average molecular weight is 451 g/mol. The molecule has 0 radical (unpaired) electrons. The quantitative estimate of drug-likeness (QED) is 0.494. The lowest BCUT2D eigenvalue weighted by Gasteiger charge is -2.10. The maximum Gasteiger partial charge on any atom is 0.264 e. The minimum absolute atomic E-state index is 0.227. The molecule has 0 saturated heterocycles. The number of rotatable bonds is 8. The third-order valence-corrected chi connectivity index (χ3v) is 5.36. The van der Waals surface area contributed by atoms with Crippen molar-refractivity contribution in [1.82, 2.24) is 4.98 Å². The number of carbonyl (C=O) groups is 2. The highest BCUT2D eigenvalue weighted by molar-refractivity contribution is 7.15. The molecule has 3 aromatic rings. The molecule has 29 heavy (non-hydrogen) atoms. The molecule has 0 fully saturated rings. The molecule has 0 aliphatic heterocycles. The van der Waals surface area contributed by atoms with E-state index in [0.29, 0.717) is 44.9 Å². The number of carbonyl (C=O) groups excluding carboxylic acids is 2. The van der Waals surface area contributed by atoms with Crippen LogP contribution in [0.2, 0.25) is 10.0 Å². The Morgan fingerprint density at radius 2 is 2.03 bits per heavy atom. The van der Waals surface area contributed by atoms with Gasteiger partial charge >= 0.3 is 0 Å². The van der Waals surface area contributed by atoms with Crippen LogP contribution in [0.1, 0.15) is 20.8 Å². The summed E-state index contributed by atoms with van der Waals surface area (Å²) >= 11 is 13.5. The lowest BCUT2D eigenvalue weighted by molar-refractivity contribution is -0.118. The third-order valence-electron chi connectivity index (χ3n) is 3.86. The minimum Gasteiger partial charge on any atom is -0.493 e. The number of aromatic nitrogens is 1. The van der Waals surface area contributed by atoms with Gasteiger partial charge in [0.05, 0.1) is 7.11 Å². The van der Waals surface area contributed by atoms with Crippen molar-refractivity contribution >= 4 is 51.9 Å². The molecule has 1 amide bonds. The number of hydrogen-bond donors (Lipinski definition) is 1. The summed E-state index contributed by atoms with van der Waals surface area (Å²) < 4.78 is 10.7. The lowest BCUT2D eigenvalue weighted by Crippen LogP contribution is -2.20. The number of anilines is 1. The van der Waals surface area contributed by atoms with Crippen LogP contribution in [0.3, 0.4) is 0 Å². The van der Waals surface area contributed by atoms with Gasteiger partial charge in [0, 0.05) is 33.1 Å². The largest absolute Gasteiger partial charge is 0.493 e. The van der Waals surface area contributed by atoms with E-state index in [1.54, 1.807) is 30.5 Å². The van der Waals surface area contributed by atoms with Gasteiger partial charge in [-0.25, -0.2) is 4.98 Å². The summed E-state index contributed by atoms with van der Waals surface area (Å²) in [5.74, 6) is 0.376. The van der Waals surface area contributed by atoms with E-state index in [4.69, 9.17) is 32.7 Å². The zero-order chi connectivity index (χ0) is 20.8. The van der Waals surface area contributed by atoms with Crippen LogP contribution in [0.25, 0.3) is 0 Å². The zero-order valence-electron chi connectivity index (χ0n) is 15.3. The number of thiazole rings is 1. The first kappa shape index (κ1) is 21.1. The molecule has 0 aliphatic rings. The molecule has 0 saturated carbocycles. The lowest BCUT2D eigenvalue weighted by atomic mass is 10.1. The van der Waals surface area contributed by atoms with Crippen molar-refractivity contribution in [3.05, 3.63) is 68.6 Å². The Hall–Kier alpha value is -2.61. The molecule has 0 spiro atoms. The molecular formula is C20H16Cl2N2O4S. The van der Waals surface area contributed by atoms with Gasteiger partial charge in [-0.2, -0.15) is 0 Å². The van der Waals surface area contributed by atoms with Gasteiger partial charge in [0.1, 0.15) is 6.29 Å². The van der Waals surface area contributed by atoms with E-state index >= 15 is 0 Å². The second-order valence-electron chi connectivity index (χ2n) is 5.91. The Labute approximate surface area is 181 Å². The molecule has 1 aromatic heterocycles. The average Bonchev–Trinajstić information content (AvgIpc) is 3.15. The normalized spacial score (nSPS) is 10.4. The SMILES string of the molecule is COc1cc(C=O)ccc1OCC(=O)Nc1ncc(Cc2ccc(Cl)cc2Cl)s1. The van der Waals surface area contributed by atoms with Crippen LogP contribution < -0.4 is 14.8 Å². The highest BCUT2D eigenvalue weighted by Crippen LogP contribution is 2.28. The number of halogens is 2. The van der Waals surface area contributed by atoms with E-state index in [2.05, 4.69) is 10.3 Å². The first-order chi connectivity index (χ1) is 14.0. The summed E-state index contributed by atoms with van der Waals surface area (Å²) in [7, 11) is 1.46. The predicted octanol–water partition coefficient (Wildman–Crippen LogP) is 4.88. The molecule has 9 heteroatoms. The van der Waals surface area contributed by atoms with Crippen LogP contribution in [-0.2, 0) is 11.2 Å². The van der Waals surface area contributed by atoms with Crippen molar-refractivity contribution in [2.75, 3.05) is 19.0 Å². The van der Waals surface area contributed by atoms with Gasteiger partial charge in [-0.1, -0.05) is 29.3 Å². The molecule has 0 bridgehead atoms. The number of benzene rings is 2. The van der Waals surface area contributed by atoms with Crippen LogP contribution in [0.15, 0.2) is 42.6 Å². The van der Waals surface area contributed by atoms with Gasteiger partial charge in [-0.15, -0.1) is 11.3 Å². The highest BCUT2D eigenvalue weighted by Gasteiger charge is 2.12. The fourth-order valence-corrected chi connectivity index (χ4v) is 3.80. The van der Waals surface area contributed by atoms with Crippen molar-refractivity contribution in [2.24, 2.45) is 0 Å². The highest BCUT2D eigenvalue weighted by atomic mass is 35.5. The van der Waals surface area contributed by atoms with Crippen LogP contribution in [-0.4, -0.2) is 30.9 Å². The van der Waals surface area contributed by atoms with Gasteiger partial charge in [0.15, 0.2) is 23.2 Å². The topological polar surface area (TPSA) is 77.5 Å². The van der Waals surface area contributed by atoms with Gasteiger partial charge in [-0.3, -0.25) is 14.9 Å². The summed E-state index contributed by atoms with van der Waals surface area (Å²) in [5.41, 5.74) is 1.38. The van der Waals surface area contributed by atoms with E-state index in [1.165, 1.54) is 24.5 Å². The zero-order valence-corrected chi connectivity index (χ0v) is 17.6. The first-order valence-electron chi connectivity index (χ1n) is 8.43. The summed E-state index contributed by atoms with van der Waals surface area (Å²) in [6.07, 6.45) is 2.98. The van der Waals surface area contributed by atoms with Crippen LogP contribution in [0.4, 0.5) is 5.13 Å². The fourth-order valence-electron chi connectivity index (χ4n) is 2.48. The molecule has 1 N–H and O–H groups in total. The number of methoxy groups -OCH3 is 1. The van der Waals surface area contributed by atoms with Gasteiger partial charge < -0.3 is 9.47 Å². The van der Waals surface area contributed by atoms with Crippen LogP contribution in [0, 0.1) is 0 Å². The van der Waals surface area contributed by atoms with Crippen molar-refractivity contribution in [2.45, 2.75) is 6.42 Å². The Morgan fingerprint density at radius 1 is 1.21 bits per heavy atom. The maximum atomic E-state index is 12.2. The fraction of sp³-hybridized carbons (Fsp3) is 0.150. The Balaban J connectivity index is 1.57. The molecule has 150 valence electrons. The molecule has 0 aliphatic carbocycles. The van der Waals surface area contributed by atoms with E-state index in [1.807, 2.05) is 6.07 Å². The Kier molecular flexibility index (Phi) is 7.09. The molecule has 2 aromatic carbocycles. The second-order valence-corrected chi connectivity index (χ2v) is 7.87. The van der Waals surface area contributed by atoms with Crippen molar-refractivity contribution < 1.29 is 19.1 Å². The number of hydrogen-bond acceptors (Lipinski definition) is 6. The number of amides is 1. The second kappa shape index (κ2) is 9.73. The van der Waals surface area contributed by atoms with E-state index in [0.717, 1.165) is 10.4 Å². The first-order valence-corrected chi connectivity index (χ1v) is 10.00. The molecule has 3 rings (SSSR count). The molecular weight excluding hydrogens is 435 g/mol. The summed E-state index contributed by atoms with van der Waals surface area (Å²) in [6, 6.07) is 10.0. The maximum absolute atomic E-state index is 12.2. The summed E-state index contributed by atoms with van der Waals surface area (Å²) in [5, 5.41) is 4.31. The van der Waals surface area contributed by atoms with Gasteiger partial charge in [0.2, 0.25) is 0 Å². The monoisotopic (exact) mass is 450 g/mol. The van der Waals surface area contributed by atoms with E-state index in [-0.39, 0.29) is 12.5 Å². The van der Waals surface area contributed by atoms with Gasteiger partial charge in [0.25, 0.3) is 5.91 Å². The molecule has 0 unspecified atom stereocenters. The molecule has 0 atom stereocenters. The smallest absolute Gasteiger partial charge is 0.264 e. The predicted molar refractivity (Wildman–Crippen MR) is 114 cm³/mol. The summed E-state index contributed by atoms with van der Waals surface area (Å²) in [6.45, 7) is -0.227. The Morgan fingerprint density at radius 3 is 2.76 bits per heavy atom. The van der Waals surface area contributed by atoms with Crippen LogP contribution >= 0.6 is 34.5 Å². The standard InChI is InChI=1S/C20H16Cl2N2O4S/c1-27-18-6-12(10-25)2-5-17(18)28-11-19(26)24-20-23-9-15(29-20)7-13-3-4-14(21)8-16(13)22/h2-6,8-10H,7,11H2,1H3,(H,23,24,26). The van der Waals surface area contributed by atoms with Gasteiger partial charge in [-0.05, 0) is 35.9 Å². The van der Waals surface area contributed by atoms with Crippen molar-refractivity contribution in [3.8, 4) is 11.5 Å². The summed E-state index contributed by atoms with van der Waals surface area (Å²) in [4.78, 5) is 28.1. The van der Waals surface area contributed by atoms with Crippen molar-refractivity contribution in [3.63, 3.8) is 0 Å². The Bertz CT molecular complexity index is 1040. The van der Waals surface area contributed by atoms with Crippen LogP contribution in [0.5, 0.6) is 11.5 Å². The van der Waals surface area contributed by atoms with E-state index < -0.39 is 0 Å². The molecule has 1 heterocycles. The third kappa shape index (κ3) is 5.69. The number of nitrogens with one attached hydrogen (secondary N) is 1. The number of ether oxygens (including phenoxy) is 2. The minimum atomic E-state index is -0.364. The number of aldehydes is 1. The van der Waals surface area contributed by atoms with Crippen molar-refractivity contribution in [1.29, 1.82) is 0 Å². The molecule has 6 nitrogen and oxygen atoms in total. The van der Waals surface area contributed by atoms with E-state index in [9.17, 15) is 9.59 Å². The number of nitrogens with zero attached hydrogens (tertiary/aromatic N) is 1.